The molecule has 14 heavy (non-hydrogen) atoms. The molecule has 0 atom stereocenters. The summed E-state index contributed by atoms with van der Waals surface area (Å²) in [4.78, 5) is 0. The zero-order valence-electron chi connectivity index (χ0n) is 8.01. The van der Waals surface area contributed by atoms with Gasteiger partial charge in [0.15, 0.2) is 0 Å². The molecule has 0 aromatic carbocycles. The molecule has 6 nitrogen and oxygen atoms in total. The molecule has 0 radical (unpaired) electrons. The first-order valence-electron chi connectivity index (χ1n) is 4.31. The van der Waals surface area contributed by atoms with Crippen LogP contribution in [0.3, 0.4) is 0 Å². The highest BCUT2D eigenvalue weighted by Crippen LogP contribution is 2.20. The van der Waals surface area contributed by atoms with Gasteiger partial charge in [-0.1, -0.05) is 5.10 Å². The van der Waals surface area contributed by atoms with Crippen LogP contribution in [0.4, 0.5) is 6.01 Å². The van der Waals surface area contributed by atoms with Crippen molar-refractivity contribution in [1.82, 2.24) is 20.0 Å². The molecular formula is C8H11N5O. The molecule has 0 fully saturated rings. The average Bonchev–Trinajstić information content (AvgIpc) is 2.70. The highest BCUT2D eigenvalue weighted by atomic mass is 16.4. The van der Waals surface area contributed by atoms with Gasteiger partial charge in [0, 0.05) is 12.2 Å². The van der Waals surface area contributed by atoms with E-state index in [2.05, 4.69) is 15.3 Å². The van der Waals surface area contributed by atoms with Crippen molar-refractivity contribution in [2.45, 2.75) is 19.9 Å². The lowest BCUT2D eigenvalue weighted by atomic mass is 10.3. The second kappa shape index (κ2) is 3.13. The summed E-state index contributed by atoms with van der Waals surface area (Å²) < 4.78 is 6.91. The van der Waals surface area contributed by atoms with E-state index in [-0.39, 0.29) is 12.1 Å². The summed E-state index contributed by atoms with van der Waals surface area (Å²) in [6.07, 6.45) is 1.69. The third-order valence-corrected chi connectivity index (χ3v) is 1.82. The first-order valence-corrected chi connectivity index (χ1v) is 4.31. The van der Waals surface area contributed by atoms with E-state index < -0.39 is 0 Å². The van der Waals surface area contributed by atoms with Crippen molar-refractivity contribution in [1.29, 1.82) is 0 Å². The molecule has 6 heteroatoms. The molecule has 2 aromatic rings. The lowest BCUT2D eigenvalue weighted by molar-refractivity contribution is 0.518. The van der Waals surface area contributed by atoms with Gasteiger partial charge in [0.1, 0.15) is 5.69 Å². The third-order valence-electron chi connectivity index (χ3n) is 1.82. The van der Waals surface area contributed by atoms with E-state index in [1.165, 1.54) is 0 Å². The summed E-state index contributed by atoms with van der Waals surface area (Å²) in [5, 5.41) is 11.5. The number of hydrogen-bond donors (Lipinski definition) is 1. The standard InChI is InChI=1S/C8H11N5O/c1-5(2)13-6(3-4-10-13)7-11-12-8(9)14-7/h3-5H,1-2H3,(H2,9,12). The molecule has 2 rings (SSSR count). The Kier molecular flexibility index (Phi) is 1.95. The van der Waals surface area contributed by atoms with Crippen LogP contribution >= 0.6 is 0 Å². The molecular weight excluding hydrogens is 182 g/mol. The number of aromatic nitrogens is 4. The van der Waals surface area contributed by atoms with Crippen molar-refractivity contribution < 1.29 is 4.42 Å². The molecule has 0 saturated heterocycles. The predicted molar refractivity (Wildman–Crippen MR) is 50.3 cm³/mol. The van der Waals surface area contributed by atoms with Crippen molar-refractivity contribution in [3.8, 4) is 11.6 Å². The van der Waals surface area contributed by atoms with Crippen LogP contribution in [0.2, 0.25) is 0 Å². The van der Waals surface area contributed by atoms with E-state index in [0.29, 0.717) is 5.89 Å². The second-order valence-electron chi connectivity index (χ2n) is 3.20. The van der Waals surface area contributed by atoms with Gasteiger partial charge in [0.2, 0.25) is 0 Å². The maximum atomic E-state index is 5.34. The van der Waals surface area contributed by atoms with E-state index in [4.69, 9.17) is 10.2 Å². The molecule has 0 unspecified atom stereocenters. The van der Waals surface area contributed by atoms with Crippen LogP contribution in [0, 0.1) is 0 Å². The molecule has 0 aliphatic carbocycles. The van der Waals surface area contributed by atoms with Crippen molar-refractivity contribution in [3.05, 3.63) is 12.3 Å². The summed E-state index contributed by atoms with van der Waals surface area (Å²) in [7, 11) is 0. The fraction of sp³-hybridized carbons (Fsp3) is 0.375. The summed E-state index contributed by atoms with van der Waals surface area (Å²) in [5.74, 6) is 0.397. The van der Waals surface area contributed by atoms with Gasteiger partial charge in [0.25, 0.3) is 5.89 Å². The van der Waals surface area contributed by atoms with Crippen molar-refractivity contribution >= 4 is 6.01 Å². The van der Waals surface area contributed by atoms with Gasteiger partial charge in [-0.15, -0.1) is 5.10 Å². The molecule has 2 heterocycles. The number of hydrogen-bond acceptors (Lipinski definition) is 5. The second-order valence-corrected chi connectivity index (χ2v) is 3.20. The minimum atomic E-state index is 0.0662. The first kappa shape index (κ1) is 8.74. The van der Waals surface area contributed by atoms with Crippen LogP contribution in [0.1, 0.15) is 19.9 Å². The number of nitrogens with zero attached hydrogens (tertiary/aromatic N) is 4. The monoisotopic (exact) mass is 193 g/mol. The van der Waals surface area contributed by atoms with Gasteiger partial charge in [-0.25, -0.2) is 0 Å². The van der Waals surface area contributed by atoms with Gasteiger partial charge in [-0.05, 0) is 19.9 Å². The minimum Gasteiger partial charge on any atom is -0.402 e. The molecule has 0 aliphatic heterocycles. The Balaban J connectivity index is 2.46. The highest BCUT2D eigenvalue weighted by Gasteiger charge is 2.13. The van der Waals surface area contributed by atoms with E-state index in [9.17, 15) is 0 Å². The third kappa shape index (κ3) is 1.34. The summed E-state index contributed by atoms with van der Waals surface area (Å²) in [6, 6.07) is 2.12. The number of anilines is 1. The Labute approximate surface area is 80.7 Å². The van der Waals surface area contributed by atoms with E-state index in [1.807, 2.05) is 19.9 Å². The Morgan fingerprint density at radius 2 is 2.21 bits per heavy atom. The van der Waals surface area contributed by atoms with Crippen molar-refractivity contribution in [3.63, 3.8) is 0 Å². The Hall–Kier alpha value is -1.85. The largest absolute Gasteiger partial charge is 0.402 e. The maximum absolute atomic E-state index is 5.34. The first-order chi connectivity index (χ1) is 6.68. The van der Waals surface area contributed by atoms with Gasteiger partial charge in [0.05, 0.1) is 0 Å². The van der Waals surface area contributed by atoms with Gasteiger partial charge < -0.3 is 10.2 Å². The highest BCUT2D eigenvalue weighted by molar-refractivity contribution is 5.47. The zero-order valence-corrected chi connectivity index (χ0v) is 8.01. The smallest absolute Gasteiger partial charge is 0.313 e. The average molecular weight is 193 g/mol. The van der Waals surface area contributed by atoms with Crippen LogP contribution in [0.25, 0.3) is 11.6 Å². The Morgan fingerprint density at radius 3 is 2.79 bits per heavy atom. The molecule has 0 aliphatic rings. The lowest BCUT2D eigenvalue weighted by Crippen LogP contribution is -2.04. The molecule has 2 N–H and O–H groups in total. The van der Waals surface area contributed by atoms with Gasteiger partial charge in [-0.2, -0.15) is 5.10 Å². The molecule has 2 aromatic heterocycles. The quantitative estimate of drug-likeness (QED) is 0.772. The van der Waals surface area contributed by atoms with Gasteiger partial charge >= 0.3 is 6.01 Å². The van der Waals surface area contributed by atoms with Gasteiger partial charge in [-0.3, -0.25) is 4.68 Å². The lowest BCUT2D eigenvalue weighted by Gasteiger charge is -2.07. The Bertz CT molecular complexity index is 430. The fourth-order valence-corrected chi connectivity index (χ4v) is 1.23. The normalized spacial score (nSPS) is 11.1. The summed E-state index contributed by atoms with van der Waals surface area (Å²) in [6.45, 7) is 4.05. The SMILES string of the molecule is CC(C)n1nccc1-c1nnc(N)o1. The fourth-order valence-electron chi connectivity index (χ4n) is 1.23. The molecule has 0 saturated carbocycles. The predicted octanol–water partition coefficient (Wildman–Crippen LogP) is 1.10. The summed E-state index contributed by atoms with van der Waals surface area (Å²) in [5.41, 5.74) is 6.12. The van der Waals surface area contributed by atoms with E-state index in [1.54, 1.807) is 10.9 Å². The molecule has 0 bridgehead atoms. The topological polar surface area (TPSA) is 82.8 Å². The number of nitrogens with two attached hydrogens (primary N) is 1. The van der Waals surface area contributed by atoms with Crippen LogP contribution in [-0.4, -0.2) is 20.0 Å². The molecule has 74 valence electrons. The molecule has 0 amide bonds. The van der Waals surface area contributed by atoms with E-state index in [0.717, 1.165) is 5.69 Å². The number of nitrogen functional groups attached to an aromatic ring is 1. The van der Waals surface area contributed by atoms with Crippen LogP contribution in [0.5, 0.6) is 0 Å². The maximum Gasteiger partial charge on any atom is 0.313 e. The minimum absolute atomic E-state index is 0.0662. The van der Waals surface area contributed by atoms with Crippen LogP contribution in [0.15, 0.2) is 16.7 Å². The van der Waals surface area contributed by atoms with Crippen molar-refractivity contribution in [2.75, 3.05) is 5.73 Å². The van der Waals surface area contributed by atoms with Crippen molar-refractivity contribution in [2.24, 2.45) is 0 Å². The zero-order chi connectivity index (χ0) is 10.1. The molecule has 0 spiro atoms. The summed E-state index contributed by atoms with van der Waals surface area (Å²) >= 11 is 0. The number of rotatable bonds is 2. The Morgan fingerprint density at radius 1 is 1.43 bits per heavy atom. The van der Waals surface area contributed by atoms with Crippen LogP contribution < -0.4 is 5.73 Å². The van der Waals surface area contributed by atoms with E-state index >= 15 is 0 Å². The van der Waals surface area contributed by atoms with Crippen LogP contribution in [-0.2, 0) is 0 Å².